The molecule has 1 aliphatic rings. The van der Waals surface area contributed by atoms with E-state index in [0.717, 1.165) is 0 Å². The second kappa shape index (κ2) is 10.7. The molecule has 1 atom stereocenters. The molecule has 0 spiro atoms. The Morgan fingerprint density at radius 2 is 1.41 bits per heavy atom. The van der Waals surface area contributed by atoms with Gasteiger partial charge < -0.3 is 19.1 Å². The van der Waals surface area contributed by atoms with E-state index in [1.165, 1.54) is 4.90 Å². The number of hydrogen-bond acceptors (Lipinski definition) is 7. The Morgan fingerprint density at radius 3 is 1.97 bits per heavy atom. The summed E-state index contributed by atoms with van der Waals surface area (Å²) in [6.07, 6.45) is -0.928. The van der Waals surface area contributed by atoms with Gasteiger partial charge in [0.25, 0.3) is 0 Å². The lowest BCUT2D eigenvalue weighted by Gasteiger charge is -2.33. The molecule has 202 valence electrons. The third kappa shape index (κ3) is 7.47. The number of hydrogen-bond donors (Lipinski definition) is 0. The van der Waals surface area contributed by atoms with Gasteiger partial charge in [-0.25, -0.2) is 13.2 Å². The number of para-hydroxylation sites is 1. The highest BCUT2D eigenvalue weighted by atomic mass is 32.2. The molecule has 1 unspecified atom stereocenters. The molecule has 1 heterocycles. The van der Waals surface area contributed by atoms with Gasteiger partial charge in [-0.2, -0.15) is 0 Å². The number of amides is 1. The first-order valence-corrected chi connectivity index (χ1v) is 14.0. The molecule has 0 saturated carbocycles. The highest BCUT2D eigenvalue weighted by Crippen LogP contribution is 2.42. The Hall–Kier alpha value is -3.07. The number of carbonyl (C=O) groups excluding carboxylic acids is 2. The van der Waals surface area contributed by atoms with E-state index in [2.05, 4.69) is 0 Å². The van der Waals surface area contributed by atoms with Crippen molar-refractivity contribution in [3.05, 3.63) is 60.2 Å². The van der Waals surface area contributed by atoms with Gasteiger partial charge in [0, 0.05) is 13.1 Å². The first kappa shape index (κ1) is 28.5. The second-order valence-electron chi connectivity index (χ2n) is 11.2. The molecule has 8 nitrogen and oxygen atoms in total. The fourth-order valence-corrected chi connectivity index (χ4v) is 6.29. The van der Waals surface area contributed by atoms with E-state index >= 15 is 0 Å². The van der Waals surface area contributed by atoms with Crippen LogP contribution in [0.1, 0.15) is 59.9 Å². The molecule has 2 aromatic carbocycles. The number of ether oxygens (including phenoxy) is 3. The Morgan fingerprint density at radius 1 is 0.838 bits per heavy atom. The average Bonchev–Trinajstić information content (AvgIpc) is 2.89. The van der Waals surface area contributed by atoms with Crippen LogP contribution >= 0.6 is 0 Å². The minimum atomic E-state index is -3.90. The summed E-state index contributed by atoms with van der Waals surface area (Å²) in [6, 6.07) is 15.9. The largest absolute Gasteiger partial charge is 0.460 e. The zero-order valence-corrected chi connectivity index (χ0v) is 23.3. The van der Waals surface area contributed by atoms with E-state index in [9.17, 15) is 18.0 Å². The standard InChI is InChI=1S/C28H37NO7S/c1-26(2,3)35-24(30)20-28(21-12-14-23(15-13-21)34-22-10-8-7-9-11-22)16-17-29(18-19-37(28,32)33)25(31)36-27(4,5)6/h7-15H,16-20H2,1-6H3. The summed E-state index contributed by atoms with van der Waals surface area (Å²) in [6.45, 7) is 10.6. The zero-order valence-electron chi connectivity index (χ0n) is 22.4. The number of nitrogens with zero attached hydrogens (tertiary/aromatic N) is 1. The van der Waals surface area contributed by atoms with E-state index in [1.54, 1.807) is 65.8 Å². The molecule has 1 amide bonds. The normalized spacial score (nSPS) is 20.0. The number of esters is 1. The molecule has 1 aliphatic heterocycles. The first-order chi connectivity index (χ1) is 17.1. The van der Waals surface area contributed by atoms with Gasteiger partial charge in [0.1, 0.15) is 27.4 Å². The number of sulfone groups is 1. The average molecular weight is 532 g/mol. The quantitative estimate of drug-likeness (QED) is 0.472. The van der Waals surface area contributed by atoms with Crippen molar-refractivity contribution in [1.29, 1.82) is 0 Å². The molecule has 0 bridgehead atoms. The lowest BCUT2D eigenvalue weighted by Crippen LogP contribution is -2.41. The van der Waals surface area contributed by atoms with Crippen LogP contribution in [0, 0.1) is 0 Å². The minimum absolute atomic E-state index is 0.0205. The maximum Gasteiger partial charge on any atom is 0.410 e. The van der Waals surface area contributed by atoms with Crippen molar-refractivity contribution in [3.8, 4) is 11.5 Å². The Bertz CT molecular complexity index is 1200. The molecule has 1 saturated heterocycles. The third-order valence-corrected chi connectivity index (χ3v) is 8.37. The molecular weight excluding hydrogens is 494 g/mol. The maximum atomic E-state index is 13.8. The van der Waals surface area contributed by atoms with Crippen molar-refractivity contribution in [3.63, 3.8) is 0 Å². The van der Waals surface area contributed by atoms with Crippen LogP contribution in [0.15, 0.2) is 54.6 Å². The summed E-state index contributed by atoms with van der Waals surface area (Å²) >= 11 is 0. The predicted octanol–water partition coefficient (Wildman–Crippen LogP) is 5.46. The highest BCUT2D eigenvalue weighted by Gasteiger charge is 2.50. The Balaban J connectivity index is 1.97. The van der Waals surface area contributed by atoms with Crippen molar-refractivity contribution in [2.75, 3.05) is 18.8 Å². The monoisotopic (exact) mass is 531 g/mol. The smallest absolute Gasteiger partial charge is 0.410 e. The van der Waals surface area contributed by atoms with Crippen molar-refractivity contribution < 1.29 is 32.2 Å². The molecular formula is C28H37NO7S. The summed E-state index contributed by atoms with van der Waals surface area (Å²) in [4.78, 5) is 27.1. The minimum Gasteiger partial charge on any atom is -0.460 e. The lowest BCUT2D eigenvalue weighted by molar-refractivity contribution is -0.155. The second-order valence-corrected chi connectivity index (χ2v) is 13.7. The molecule has 0 radical (unpaired) electrons. The molecule has 2 aromatic rings. The van der Waals surface area contributed by atoms with Crippen LogP contribution in [0.3, 0.4) is 0 Å². The Kier molecular flexibility index (Phi) is 8.27. The zero-order chi connectivity index (χ0) is 27.5. The molecule has 9 heteroatoms. The van der Waals surface area contributed by atoms with Crippen LogP contribution in [0.4, 0.5) is 4.79 Å². The van der Waals surface area contributed by atoms with Gasteiger partial charge in [0.05, 0.1) is 12.2 Å². The number of carbonyl (C=O) groups is 2. The first-order valence-electron chi connectivity index (χ1n) is 12.4. The third-order valence-electron chi connectivity index (χ3n) is 5.87. The van der Waals surface area contributed by atoms with Crippen molar-refractivity contribution >= 4 is 21.9 Å². The summed E-state index contributed by atoms with van der Waals surface area (Å²) in [7, 11) is -3.90. The summed E-state index contributed by atoms with van der Waals surface area (Å²) in [5.41, 5.74) is -1.04. The van der Waals surface area contributed by atoms with Crippen molar-refractivity contribution in [2.24, 2.45) is 0 Å². The van der Waals surface area contributed by atoms with Crippen LogP contribution < -0.4 is 4.74 Å². The molecule has 0 aliphatic carbocycles. The summed E-state index contributed by atoms with van der Waals surface area (Å²) in [5.74, 6) is 0.251. The van der Waals surface area contributed by atoms with Crippen LogP contribution in [0.5, 0.6) is 11.5 Å². The molecule has 3 rings (SSSR count). The fourth-order valence-electron chi connectivity index (χ4n) is 4.20. The van der Waals surface area contributed by atoms with Crippen molar-refractivity contribution in [2.45, 2.75) is 70.3 Å². The molecule has 0 N–H and O–H groups in total. The summed E-state index contributed by atoms with van der Waals surface area (Å²) in [5, 5.41) is 0. The van der Waals surface area contributed by atoms with E-state index in [0.29, 0.717) is 17.1 Å². The van der Waals surface area contributed by atoms with Crippen LogP contribution in [0.2, 0.25) is 0 Å². The van der Waals surface area contributed by atoms with Gasteiger partial charge in [0.2, 0.25) is 0 Å². The van der Waals surface area contributed by atoms with Gasteiger partial charge in [-0.15, -0.1) is 0 Å². The van der Waals surface area contributed by atoms with E-state index in [4.69, 9.17) is 14.2 Å². The topological polar surface area (TPSA) is 99.2 Å². The van der Waals surface area contributed by atoms with Gasteiger partial charge in [-0.05, 0) is 77.8 Å². The number of benzene rings is 2. The van der Waals surface area contributed by atoms with E-state index in [-0.39, 0.29) is 31.7 Å². The predicted molar refractivity (Wildman–Crippen MR) is 141 cm³/mol. The van der Waals surface area contributed by atoms with Gasteiger partial charge in [-0.3, -0.25) is 4.79 Å². The Labute approximate surface area is 219 Å². The fraction of sp³-hybridized carbons (Fsp3) is 0.500. The van der Waals surface area contributed by atoms with E-state index in [1.807, 2.05) is 30.3 Å². The van der Waals surface area contributed by atoms with Gasteiger partial charge >= 0.3 is 12.1 Å². The lowest BCUT2D eigenvalue weighted by atomic mass is 9.90. The summed E-state index contributed by atoms with van der Waals surface area (Å²) < 4.78 is 43.0. The molecule has 37 heavy (non-hydrogen) atoms. The van der Waals surface area contributed by atoms with Crippen LogP contribution in [0.25, 0.3) is 0 Å². The SMILES string of the molecule is CC(C)(C)OC(=O)CC1(c2ccc(Oc3ccccc3)cc2)CCN(C(=O)OC(C)(C)C)CCS1(=O)=O. The van der Waals surface area contributed by atoms with E-state index < -0.39 is 37.8 Å². The van der Waals surface area contributed by atoms with Gasteiger partial charge in [-0.1, -0.05) is 30.3 Å². The van der Waals surface area contributed by atoms with Crippen LogP contribution in [-0.4, -0.2) is 55.4 Å². The van der Waals surface area contributed by atoms with Crippen LogP contribution in [-0.2, 0) is 28.9 Å². The van der Waals surface area contributed by atoms with Gasteiger partial charge in [0.15, 0.2) is 9.84 Å². The number of rotatable bonds is 5. The molecule has 0 aromatic heterocycles. The molecule has 1 fully saturated rings. The van der Waals surface area contributed by atoms with Crippen molar-refractivity contribution in [1.82, 2.24) is 4.90 Å². The maximum absolute atomic E-state index is 13.8. The highest BCUT2D eigenvalue weighted by molar-refractivity contribution is 7.92.